The van der Waals surface area contributed by atoms with Crippen LogP contribution >= 0.6 is 0 Å². The minimum Gasteiger partial charge on any atom is -0.489 e. The maximum absolute atomic E-state index is 13.4. The molecule has 1 aliphatic heterocycles. The monoisotopic (exact) mass is 447 g/mol. The summed E-state index contributed by atoms with van der Waals surface area (Å²) in [7, 11) is 0. The van der Waals surface area contributed by atoms with Crippen molar-refractivity contribution in [3.8, 4) is 5.75 Å². The van der Waals surface area contributed by atoms with Crippen molar-refractivity contribution in [3.05, 3.63) is 95.6 Å². The normalized spacial score (nSPS) is 15.9. The molecule has 0 spiro atoms. The molecular weight excluding hydrogens is 421 g/mol. The lowest BCUT2D eigenvalue weighted by Gasteiger charge is -2.30. The Bertz CT molecular complexity index is 1110. The van der Waals surface area contributed by atoms with Crippen LogP contribution in [0, 0.1) is 5.82 Å². The first-order valence-corrected chi connectivity index (χ1v) is 11.0. The number of nitrogens with one attached hydrogen (secondary N) is 1. The second kappa shape index (κ2) is 10.7. The number of rotatable bonds is 7. The minimum atomic E-state index is -0.558. The van der Waals surface area contributed by atoms with Crippen LogP contribution in [0.5, 0.6) is 5.75 Å². The lowest BCUT2D eigenvalue weighted by Crippen LogP contribution is -2.48. The molecule has 33 heavy (non-hydrogen) atoms. The highest BCUT2D eigenvalue weighted by atomic mass is 19.1. The number of carbonyl (C=O) groups excluding carboxylic acids is 2. The van der Waals surface area contributed by atoms with Gasteiger partial charge in [-0.3, -0.25) is 14.6 Å². The highest BCUT2D eigenvalue weighted by Gasteiger charge is 2.31. The highest BCUT2D eigenvalue weighted by molar-refractivity contribution is 5.97. The van der Waals surface area contributed by atoms with E-state index in [0.717, 1.165) is 24.0 Å². The van der Waals surface area contributed by atoms with Crippen molar-refractivity contribution in [2.24, 2.45) is 0 Å². The van der Waals surface area contributed by atoms with E-state index in [1.807, 2.05) is 24.3 Å². The number of pyridine rings is 1. The minimum absolute atomic E-state index is 0.136. The molecule has 1 aromatic heterocycles. The molecule has 1 N–H and O–H groups in total. The molecule has 2 amide bonds. The summed E-state index contributed by atoms with van der Waals surface area (Å²) in [5, 5.41) is 2.92. The Balaban J connectivity index is 1.54. The van der Waals surface area contributed by atoms with Crippen molar-refractivity contribution >= 4 is 11.8 Å². The fourth-order valence-corrected chi connectivity index (χ4v) is 3.92. The van der Waals surface area contributed by atoms with Crippen molar-refractivity contribution < 1.29 is 18.7 Å². The summed E-state index contributed by atoms with van der Waals surface area (Å²) >= 11 is 0. The van der Waals surface area contributed by atoms with Crippen molar-refractivity contribution in [1.82, 2.24) is 15.2 Å². The molecule has 1 atom stereocenters. The molecule has 170 valence electrons. The third-order valence-corrected chi connectivity index (χ3v) is 5.60. The van der Waals surface area contributed by atoms with E-state index in [1.54, 1.807) is 35.4 Å². The number of halogens is 1. The quantitative estimate of drug-likeness (QED) is 0.592. The van der Waals surface area contributed by atoms with Gasteiger partial charge in [0.1, 0.15) is 24.2 Å². The zero-order chi connectivity index (χ0) is 23.0. The Hall–Kier alpha value is -3.74. The highest BCUT2D eigenvalue weighted by Crippen LogP contribution is 2.22. The van der Waals surface area contributed by atoms with E-state index in [-0.39, 0.29) is 30.8 Å². The first-order valence-electron chi connectivity index (χ1n) is 11.0. The molecule has 0 unspecified atom stereocenters. The van der Waals surface area contributed by atoms with Crippen LogP contribution in [0.1, 0.15) is 40.7 Å². The molecule has 6 nitrogen and oxygen atoms in total. The van der Waals surface area contributed by atoms with E-state index >= 15 is 0 Å². The average Bonchev–Trinajstić information content (AvgIpc) is 3.06. The van der Waals surface area contributed by atoms with E-state index in [9.17, 15) is 14.0 Å². The Kier molecular flexibility index (Phi) is 7.29. The van der Waals surface area contributed by atoms with Gasteiger partial charge in [0.15, 0.2) is 0 Å². The summed E-state index contributed by atoms with van der Waals surface area (Å²) in [6.45, 7) is 1.10. The van der Waals surface area contributed by atoms with Crippen LogP contribution < -0.4 is 10.1 Å². The predicted octanol–water partition coefficient (Wildman–Crippen LogP) is 4.11. The third-order valence-electron chi connectivity index (χ3n) is 5.60. The number of hydrogen-bond acceptors (Lipinski definition) is 4. The topological polar surface area (TPSA) is 71.5 Å². The van der Waals surface area contributed by atoms with E-state index < -0.39 is 6.04 Å². The van der Waals surface area contributed by atoms with Gasteiger partial charge in [0, 0.05) is 25.5 Å². The number of hydrogen-bond donors (Lipinski definition) is 1. The molecule has 4 rings (SSSR count). The lowest BCUT2D eigenvalue weighted by molar-refractivity contribution is -0.125. The fraction of sp³-hybridized carbons (Fsp3) is 0.269. The maximum Gasteiger partial charge on any atom is 0.256 e. The van der Waals surface area contributed by atoms with Crippen molar-refractivity contribution in [3.63, 3.8) is 0 Å². The Morgan fingerprint density at radius 1 is 1.09 bits per heavy atom. The Labute approximate surface area is 192 Å². The summed E-state index contributed by atoms with van der Waals surface area (Å²) in [5.74, 6) is -0.0774. The van der Waals surface area contributed by atoms with Gasteiger partial charge in [-0.1, -0.05) is 24.3 Å². The molecule has 0 bridgehead atoms. The molecule has 3 aromatic rings. The average molecular weight is 448 g/mol. The van der Waals surface area contributed by atoms with Gasteiger partial charge in [-0.15, -0.1) is 0 Å². The number of carbonyl (C=O) groups is 2. The van der Waals surface area contributed by atoms with E-state index in [2.05, 4.69) is 10.3 Å². The summed E-state index contributed by atoms with van der Waals surface area (Å²) < 4.78 is 19.3. The molecule has 0 radical (unpaired) electrons. The van der Waals surface area contributed by atoms with Gasteiger partial charge in [-0.2, -0.15) is 0 Å². The standard InChI is InChI=1S/C26H26FN3O3/c27-22-9-3-7-20(14-22)18-33-23-10-4-6-19(15-23)17-30(24-11-1-2-13-29-25(24)31)26(32)21-8-5-12-28-16-21/h3-10,12,14-16,24H,1-2,11,13,17-18H2,(H,29,31)/t24-/m0/s1. The largest absolute Gasteiger partial charge is 0.489 e. The maximum atomic E-state index is 13.4. The van der Waals surface area contributed by atoms with Gasteiger partial charge in [-0.25, -0.2) is 4.39 Å². The van der Waals surface area contributed by atoms with Crippen LogP contribution in [0.25, 0.3) is 0 Å². The second-order valence-corrected chi connectivity index (χ2v) is 8.04. The number of aromatic nitrogens is 1. The van der Waals surface area contributed by atoms with Crippen molar-refractivity contribution in [2.75, 3.05) is 6.54 Å². The zero-order valence-electron chi connectivity index (χ0n) is 18.2. The van der Waals surface area contributed by atoms with Gasteiger partial charge in [0.25, 0.3) is 5.91 Å². The van der Waals surface area contributed by atoms with Crippen LogP contribution in [-0.4, -0.2) is 34.3 Å². The van der Waals surface area contributed by atoms with E-state index in [4.69, 9.17) is 4.74 Å². The molecule has 7 heteroatoms. The summed E-state index contributed by atoms with van der Waals surface area (Å²) in [6.07, 6.45) is 5.48. The van der Waals surface area contributed by atoms with Crippen molar-refractivity contribution in [2.45, 2.75) is 38.5 Å². The van der Waals surface area contributed by atoms with Crippen LogP contribution in [0.3, 0.4) is 0 Å². The van der Waals surface area contributed by atoms with Gasteiger partial charge in [0.2, 0.25) is 5.91 Å². The van der Waals surface area contributed by atoms with Crippen LogP contribution in [0.4, 0.5) is 4.39 Å². The number of benzene rings is 2. The molecule has 2 aromatic carbocycles. The SMILES string of the molecule is O=C1NCCCC[C@@H]1N(Cc1cccc(OCc2cccc(F)c2)c1)C(=O)c1cccnc1. The molecule has 2 heterocycles. The van der Waals surface area contributed by atoms with Crippen LogP contribution in [0.2, 0.25) is 0 Å². The molecular formula is C26H26FN3O3. The van der Waals surface area contributed by atoms with Gasteiger partial charge >= 0.3 is 0 Å². The first kappa shape index (κ1) is 22.5. The number of ether oxygens (including phenoxy) is 1. The first-order chi connectivity index (χ1) is 16.1. The van der Waals surface area contributed by atoms with Crippen LogP contribution in [0.15, 0.2) is 73.1 Å². The number of nitrogens with zero attached hydrogens (tertiary/aromatic N) is 2. The fourth-order valence-electron chi connectivity index (χ4n) is 3.92. The van der Waals surface area contributed by atoms with Crippen LogP contribution in [-0.2, 0) is 17.9 Å². The van der Waals surface area contributed by atoms with E-state index in [1.165, 1.54) is 18.3 Å². The molecule has 1 fully saturated rings. The van der Waals surface area contributed by atoms with Gasteiger partial charge < -0.3 is 15.0 Å². The summed E-state index contributed by atoms with van der Waals surface area (Å²) in [4.78, 5) is 31.8. The van der Waals surface area contributed by atoms with Crippen molar-refractivity contribution in [1.29, 1.82) is 0 Å². The lowest BCUT2D eigenvalue weighted by atomic mass is 10.1. The smallest absolute Gasteiger partial charge is 0.256 e. The predicted molar refractivity (Wildman–Crippen MR) is 122 cm³/mol. The Morgan fingerprint density at radius 2 is 1.94 bits per heavy atom. The molecule has 1 saturated heterocycles. The summed E-state index contributed by atoms with van der Waals surface area (Å²) in [5.41, 5.74) is 2.00. The van der Waals surface area contributed by atoms with Gasteiger partial charge in [0.05, 0.1) is 5.56 Å². The second-order valence-electron chi connectivity index (χ2n) is 8.04. The molecule has 0 saturated carbocycles. The summed E-state index contributed by atoms with van der Waals surface area (Å²) in [6, 6.07) is 16.5. The third kappa shape index (κ3) is 5.94. The zero-order valence-corrected chi connectivity index (χ0v) is 18.2. The van der Waals surface area contributed by atoms with Gasteiger partial charge in [-0.05, 0) is 66.8 Å². The van der Waals surface area contributed by atoms with E-state index in [0.29, 0.717) is 24.3 Å². The number of amides is 2. The molecule has 1 aliphatic rings. The Morgan fingerprint density at radius 3 is 2.76 bits per heavy atom. The molecule has 0 aliphatic carbocycles.